The highest BCUT2D eigenvalue weighted by Gasteiger charge is 2.22. The average molecular weight is 275 g/mol. The second-order valence-electron chi connectivity index (χ2n) is 3.89. The Morgan fingerprint density at radius 2 is 1.94 bits per heavy atom. The van der Waals surface area contributed by atoms with Crippen LogP contribution in [0, 0.1) is 0 Å². The van der Waals surface area contributed by atoms with Crippen molar-refractivity contribution in [3.8, 4) is 0 Å². The van der Waals surface area contributed by atoms with E-state index in [-0.39, 0.29) is 0 Å². The van der Waals surface area contributed by atoms with E-state index in [1.807, 2.05) is 0 Å². The SMILES string of the molecule is CC(C)(O)C(=O)NN=Cc1c(Cl)cccc1Cl. The molecule has 0 saturated heterocycles. The number of amides is 1. The molecule has 0 heterocycles. The highest BCUT2D eigenvalue weighted by atomic mass is 35.5. The number of aliphatic hydroxyl groups is 1. The smallest absolute Gasteiger partial charge is 0.271 e. The quantitative estimate of drug-likeness (QED) is 0.656. The van der Waals surface area contributed by atoms with Gasteiger partial charge in [0.15, 0.2) is 0 Å². The van der Waals surface area contributed by atoms with Crippen LogP contribution in [0.4, 0.5) is 0 Å². The number of nitrogens with one attached hydrogen (secondary N) is 1. The summed E-state index contributed by atoms with van der Waals surface area (Å²) < 4.78 is 0. The molecule has 0 bridgehead atoms. The van der Waals surface area contributed by atoms with E-state index in [0.717, 1.165) is 0 Å². The van der Waals surface area contributed by atoms with E-state index in [1.54, 1.807) is 18.2 Å². The summed E-state index contributed by atoms with van der Waals surface area (Å²) >= 11 is 11.8. The van der Waals surface area contributed by atoms with E-state index in [4.69, 9.17) is 23.2 Å². The highest BCUT2D eigenvalue weighted by Crippen LogP contribution is 2.21. The van der Waals surface area contributed by atoms with E-state index >= 15 is 0 Å². The van der Waals surface area contributed by atoms with Gasteiger partial charge in [-0.3, -0.25) is 4.79 Å². The summed E-state index contributed by atoms with van der Waals surface area (Å²) in [6.07, 6.45) is 1.33. The molecule has 0 spiro atoms. The third-order valence-corrected chi connectivity index (χ3v) is 2.57. The minimum Gasteiger partial charge on any atom is -0.381 e. The van der Waals surface area contributed by atoms with Crippen molar-refractivity contribution in [2.45, 2.75) is 19.4 Å². The molecule has 92 valence electrons. The minimum absolute atomic E-state index is 0.429. The van der Waals surface area contributed by atoms with E-state index in [1.165, 1.54) is 20.1 Å². The van der Waals surface area contributed by atoms with Crippen LogP contribution < -0.4 is 5.43 Å². The normalized spacial score (nSPS) is 11.8. The molecule has 6 heteroatoms. The molecule has 0 saturated carbocycles. The molecule has 0 aliphatic rings. The molecule has 0 fully saturated rings. The summed E-state index contributed by atoms with van der Waals surface area (Å²) in [5.74, 6) is -0.614. The number of hydrogen-bond donors (Lipinski definition) is 2. The molecule has 0 aromatic heterocycles. The molecule has 1 rings (SSSR count). The van der Waals surface area contributed by atoms with Crippen LogP contribution in [0.5, 0.6) is 0 Å². The van der Waals surface area contributed by atoms with Gasteiger partial charge in [-0.1, -0.05) is 29.3 Å². The Morgan fingerprint density at radius 1 is 1.41 bits per heavy atom. The lowest BCUT2D eigenvalue weighted by Crippen LogP contribution is -2.39. The lowest BCUT2D eigenvalue weighted by atomic mass is 10.1. The molecule has 1 aromatic rings. The number of carbonyl (C=O) groups is 1. The fourth-order valence-electron chi connectivity index (χ4n) is 0.926. The summed E-state index contributed by atoms with van der Waals surface area (Å²) in [6, 6.07) is 5.02. The Kier molecular flexibility index (Phi) is 4.51. The van der Waals surface area contributed by atoms with Crippen LogP contribution in [-0.4, -0.2) is 22.8 Å². The van der Waals surface area contributed by atoms with Crippen LogP contribution in [0.1, 0.15) is 19.4 Å². The first-order valence-electron chi connectivity index (χ1n) is 4.82. The maximum absolute atomic E-state index is 11.3. The molecular formula is C11H12Cl2N2O2. The van der Waals surface area contributed by atoms with Gasteiger partial charge < -0.3 is 5.11 Å². The van der Waals surface area contributed by atoms with E-state index in [2.05, 4.69) is 10.5 Å². The number of nitrogens with zero attached hydrogens (tertiary/aromatic N) is 1. The maximum atomic E-state index is 11.3. The van der Waals surface area contributed by atoms with Gasteiger partial charge >= 0.3 is 0 Å². The van der Waals surface area contributed by atoms with Gasteiger partial charge in [0.05, 0.1) is 16.3 Å². The van der Waals surface area contributed by atoms with Gasteiger partial charge in [-0.25, -0.2) is 5.43 Å². The van der Waals surface area contributed by atoms with E-state index < -0.39 is 11.5 Å². The molecule has 1 aromatic carbocycles. The Balaban J connectivity index is 2.76. The number of rotatable bonds is 3. The second-order valence-corrected chi connectivity index (χ2v) is 4.71. The minimum atomic E-state index is -1.48. The Bertz CT molecular complexity index is 433. The number of benzene rings is 1. The van der Waals surface area contributed by atoms with E-state index in [9.17, 15) is 9.90 Å². The number of hydrogen-bond acceptors (Lipinski definition) is 3. The Labute approximate surface area is 109 Å². The first-order chi connectivity index (χ1) is 7.82. The van der Waals surface area contributed by atoms with Gasteiger partial charge in [-0.2, -0.15) is 5.10 Å². The summed E-state index contributed by atoms with van der Waals surface area (Å²) in [7, 11) is 0. The molecule has 2 N–H and O–H groups in total. The van der Waals surface area contributed by atoms with Crippen molar-refractivity contribution in [1.29, 1.82) is 0 Å². The van der Waals surface area contributed by atoms with Crippen molar-refractivity contribution < 1.29 is 9.90 Å². The number of halogens is 2. The molecule has 0 aliphatic carbocycles. The van der Waals surface area contributed by atoms with Crippen molar-refractivity contribution in [2.24, 2.45) is 5.10 Å². The van der Waals surface area contributed by atoms with Crippen molar-refractivity contribution in [1.82, 2.24) is 5.43 Å². The number of carbonyl (C=O) groups excluding carboxylic acids is 1. The van der Waals surface area contributed by atoms with Crippen LogP contribution in [0.15, 0.2) is 23.3 Å². The molecule has 0 radical (unpaired) electrons. The summed E-state index contributed by atoms with van der Waals surface area (Å²) in [4.78, 5) is 11.3. The third kappa shape index (κ3) is 4.00. The van der Waals surface area contributed by atoms with Crippen LogP contribution in [0.3, 0.4) is 0 Å². The average Bonchev–Trinajstić information content (AvgIpc) is 2.20. The standard InChI is InChI=1S/C11H12Cl2N2O2/c1-11(2,17)10(16)15-14-6-7-8(12)4-3-5-9(7)13/h3-6,17H,1-2H3,(H,15,16). The summed E-state index contributed by atoms with van der Waals surface area (Å²) in [6.45, 7) is 2.72. The van der Waals surface area contributed by atoms with Crippen molar-refractivity contribution in [3.05, 3.63) is 33.8 Å². The number of hydrazone groups is 1. The molecule has 0 aliphatic heterocycles. The van der Waals surface area contributed by atoms with Crippen LogP contribution in [0.25, 0.3) is 0 Å². The van der Waals surface area contributed by atoms with Gasteiger partial charge in [-0.15, -0.1) is 0 Å². The monoisotopic (exact) mass is 274 g/mol. The van der Waals surface area contributed by atoms with Crippen molar-refractivity contribution >= 4 is 35.3 Å². The van der Waals surface area contributed by atoms with Crippen LogP contribution in [-0.2, 0) is 4.79 Å². The van der Waals surface area contributed by atoms with Crippen LogP contribution >= 0.6 is 23.2 Å². The molecule has 0 atom stereocenters. The lowest BCUT2D eigenvalue weighted by Gasteiger charge is -2.13. The zero-order valence-corrected chi connectivity index (χ0v) is 10.9. The van der Waals surface area contributed by atoms with Gasteiger partial charge in [0.1, 0.15) is 5.60 Å². The summed E-state index contributed by atoms with van der Waals surface area (Å²) in [5, 5.41) is 13.9. The van der Waals surface area contributed by atoms with Gasteiger partial charge in [0, 0.05) is 5.56 Å². The summed E-state index contributed by atoms with van der Waals surface area (Å²) in [5.41, 5.74) is 1.21. The fraction of sp³-hybridized carbons (Fsp3) is 0.273. The molecule has 0 unspecified atom stereocenters. The predicted octanol–water partition coefficient (Wildman–Crippen LogP) is 2.21. The van der Waals surface area contributed by atoms with Crippen LogP contribution in [0.2, 0.25) is 10.0 Å². The molecular weight excluding hydrogens is 263 g/mol. The predicted molar refractivity (Wildman–Crippen MR) is 68.5 cm³/mol. The lowest BCUT2D eigenvalue weighted by molar-refractivity contribution is -0.136. The highest BCUT2D eigenvalue weighted by molar-refractivity contribution is 6.38. The topological polar surface area (TPSA) is 61.7 Å². The first-order valence-corrected chi connectivity index (χ1v) is 5.58. The van der Waals surface area contributed by atoms with Gasteiger partial charge in [-0.05, 0) is 26.0 Å². The van der Waals surface area contributed by atoms with Gasteiger partial charge in [0.2, 0.25) is 0 Å². The zero-order valence-electron chi connectivity index (χ0n) is 9.37. The third-order valence-electron chi connectivity index (χ3n) is 1.92. The van der Waals surface area contributed by atoms with E-state index in [0.29, 0.717) is 15.6 Å². The van der Waals surface area contributed by atoms with Gasteiger partial charge in [0.25, 0.3) is 5.91 Å². The maximum Gasteiger partial charge on any atom is 0.271 e. The van der Waals surface area contributed by atoms with Crippen molar-refractivity contribution in [2.75, 3.05) is 0 Å². The largest absolute Gasteiger partial charge is 0.381 e. The fourth-order valence-corrected chi connectivity index (χ4v) is 1.42. The Hall–Kier alpha value is -1.10. The molecule has 17 heavy (non-hydrogen) atoms. The molecule has 1 amide bonds. The molecule has 4 nitrogen and oxygen atoms in total. The Morgan fingerprint density at radius 3 is 2.41 bits per heavy atom. The second kappa shape index (κ2) is 5.49. The van der Waals surface area contributed by atoms with Crippen molar-refractivity contribution in [3.63, 3.8) is 0 Å². The zero-order chi connectivity index (χ0) is 13.1. The first kappa shape index (κ1) is 14.0.